The van der Waals surface area contributed by atoms with E-state index in [1.807, 2.05) is 4.68 Å². The summed E-state index contributed by atoms with van der Waals surface area (Å²) in [4.78, 5) is 1.34. The lowest BCUT2D eigenvalue weighted by Gasteiger charge is -2.21. The third-order valence-electron chi connectivity index (χ3n) is 3.36. The summed E-state index contributed by atoms with van der Waals surface area (Å²) in [5, 5.41) is 13.2. The van der Waals surface area contributed by atoms with Crippen molar-refractivity contribution in [3.8, 4) is 0 Å². The van der Waals surface area contributed by atoms with Gasteiger partial charge in [-0.2, -0.15) is 0 Å². The Bertz CT molecular complexity index is 533. The van der Waals surface area contributed by atoms with E-state index in [1.165, 1.54) is 40.8 Å². The lowest BCUT2D eigenvalue weighted by molar-refractivity contribution is 0.307. The average Bonchev–Trinajstić information content (AvgIpc) is 3.06. The molecule has 1 aliphatic rings. The van der Waals surface area contributed by atoms with E-state index in [2.05, 4.69) is 43.6 Å². The first-order valence-corrected chi connectivity index (χ1v) is 9.07. The van der Waals surface area contributed by atoms with Gasteiger partial charge >= 0.3 is 0 Å². The van der Waals surface area contributed by atoms with Crippen LogP contribution < -0.4 is 0 Å². The first-order chi connectivity index (χ1) is 9.33. The molecule has 0 aliphatic heterocycles. The van der Waals surface area contributed by atoms with E-state index in [0.717, 1.165) is 10.9 Å². The highest BCUT2D eigenvalue weighted by Crippen LogP contribution is 2.32. The van der Waals surface area contributed by atoms with Crippen molar-refractivity contribution in [3.63, 3.8) is 0 Å². The molecule has 7 heteroatoms. The highest BCUT2D eigenvalue weighted by Gasteiger charge is 2.20. The number of nitrogens with zero attached hydrogens (tertiary/aromatic N) is 4. The van der Waals surface area contributed by atoms with E-state index in [0.29, 0.717) is 6.04 Å². The molecule has 1 saturated carbocycles. The van der Waals surface area contributed by atoms with Gasteiger partial charge in [-0.3, -0.25) is 0 Å². The minimum Gasteiger partial charge on any atom is -0.217 e. The largest absolute Gasteiger partial charge is 0.217 e. The number of thioether (sulfide) groups is 1. The predicted molar refractivity (Wildman–Crippen MR) is 81.5 cm³/mol. The van der Waals surface area contributed by atoms with Crippen molar-refractivity contribution in [2.45, 2.75) is 49.1 Å². The van der Waals surface area contributed by atoms with Gasteiger partial charge in [-0.05, 0) is 51.3 Å². The number of aromatic nitrogens is 4. The van der Waals surface area contributed by atoms with Crippen LogP contribution in [0.5, 0.6) is 0 Å². The van der Waals surface area contributed by atoms with E-state index >= 15 is 0 Å². The smallest absolute Gasteiger partial charge is 0.209 e. The molecule has 102 valence electrons. The molecule has 19 heavy (non-hydrogen) atoms. The van der Waals surface area contributed by atoms with Crippen molar-refractivity contribution in [3.05, 3.63) is 20.8 Å². The van der Waals surface area contributed by atoms with Gasteiger partial charge in [0, 0.05) is 10.6 Å². The zero-order valence-electron chi connectivity index (χ0n) is 10.5. The van der Waals surface area contributed by atoms with Crippen molar-refractivity contribution >= 4 is 39.0 Å². The third kappa shape index (κ3) is 3.38. The molecule has 3 rings (SSSR count). The van der Waals surface area contributed by atoms with Crippen LogP contribution >= 0.6 is 39.0 Å². The van der Waals surface area contributed by atoms with Crippen LogP contribution in [0.15, 0.2) is 21.1 Å². The lowest BCUT2D eigenvalue weighted by Crippen LogP contribution is -2.15. The molecule has 0 spiro atoms. The maximum atomic E-state index is 4.19. The molecule has 0 aromatic carbocycles. The second kappa shape index (κ2) is 6.37. The molecule has 0 bridgehead atoms. The Balaban J connectivity index is 1.66. The Morgan fingerprint density at radius 1 is 1.32 bits per heavy atom. The van der Waals surface area contributed by atoms with Crippen LogP contribution in [0.1, 0.15) is 43.0 Å². The van der Waals surface area contributed by atoms with Gasteiger partial charge in [0.1, 0.15) is 0 Å². The minimum atomic E-state index is 0.501. The van der Waals surface area contributed by atoms with Crippen LogP contribution in [0.2, 0.25) is 0 Å². The lowest BCUT2D eigenvalue weighted by atomic mass is 9.96. The molecule has 1 fully saturated rings. The van der Waals surface area contributed by atoms with E-state index < -0.39 is 0 Å². The second-order valence-electron chi connectivity index (χ2n) is 4.69. The minimum absolute atomic E-state index is 0.501. The predicted octanol–water partition coefficient (Wildman–Crippen LogP) is 4.29. The van der Waals surface area contributed by atoms with Gasteiger partial charge in [0.05, 0.1) is 9.83 Å². The van der Waals surface area contributed by atoms with Gasteiger partial charge in [0.2, 0.25) is 5.16 Å². The molecule has 2 aromatic heterocycles. The summed E-state index contributed by atoms with van der Waals surface area (Å²) in [5.41, 5.74) is 0. The number of hydrogen-bond donors (Lipinski definition) is 0. The summed E-state index contributed by atoms with van der Waals surface area (Å²) >= 11 is 6.99. The van der Waals surface area contributed by atoms with Gasteiger partial charge in [-0.15, -0.1) is 16.4 Å². The van der Waals surface area contributed by atoms with Crippen LogP contribution in [-0.2, 0) is 5.75 Å². The fourth-order valence-corrected chi connectivity index (χ4v) is 4.87. The second-order valence-corrected chi connectivity index (χ2v) is 8.18. The number of rotatable bonds is 4. The van der Waals surface area contributed by atoms with Crippen molar-refractivity contribution < 1.29 is 0 Å². The summed E-state index contributed by atoms with van der Waals surface area (Å²) in [6.07, 6.45) is 6.37. The van der Waals surface area contributed by atoms with Crippen molar-refractivity contribution in [2.24, 2.45) is 0 Å². The fourth-order valence-electron chi connectivity index (χ4n) is 2.40. The molecule has 0 atom stereocenters. The van der Waals surface area contributed by atoms with Crippen molar-refractivity contribution in [1.29, 1.82) is 0 Å². The average molecular weight is 359 g/mol. The number of halogens is 1. The van der Waals surface area contributed by atoms with Gasteiger partial charge < -0.3 is 0 Å². The topological polar surface area (TPSA) is 43.6 Å². The van der Waals surface area contributed by atoms with Crippen LogP contribution in [-0.4, -0.2) is 20.2 Å². The molecule has 0 saturated heterocycles. The van der Waals surface area contributed by atoms with Crippen molar-refractivity contribution in [1.82, 2.24) is 20.2 Å². The summed E-state index contributed by atoms with van der Waals surface area (Å²) in [7, 11) is 0. The molecule has 0 unspecified atom stereocenters. The first-order valence-electron chi connectivity index (χ1n) is 6.48. The molecule has 0 N–H and O–H groups in total. The quantitative estimate of drug-likeness (QED) is 0.764. The summed E-state index contributed by atoms with van der Waals surface area (Å²) in [6.45, 7) is 0. The SMILES string of the molecule is Brc1ccc(CSc2nnnn2C2CCCCC2)s1. The molecule has 2 aromatic rings. The Hall–Kier alpha value is -0.400. The first kappa shape index (κ1) is 13.6. The van der Waals surface area contributed by atoms with Gasteiger partial charge in [0.25, 0.3) is 0 Å². The highest BCUT2D eigenvalue weighted by atomic mass is 79.9. The Labute approximate surface area is 129 Å². The molecular formula is C12H15BrN4S2. The Morgan fingerprint density at radius 3 is 2.89 bits per heavy atom. The number of hydrogen-bond acceptors (Lipinski definition) is 5. The molecule has 1 aliphatic carbocycles. The standard InChI is InChI=1S/C12H15BrN4S2/c13-11-7-6-10(19-11)8-18-12-14-15-16-17(12)9-4-2-1-3-5-9/h6-7,9H,1-5,8H2. The summed E-state index contributed by atoms with van der Waals surface area (Å²) in [5.74, 6) is 0.934. The summed E-state index contributed by atoms with van der Waals surface area (Å²) in [6, 6.07) is 4.74. The van der Waals surface area contributed by atoms with Crippen molar-refractivity contribution in [2.75, 3.05) is 0 Å². The van der Waals surface area contributed by atoms with Crippen LogP contribution in [0.25, 0.3) is 0 Å². The van der Waals surface area contributed by atoms with Gasteiger partial charge in [-0.1, -0.05) is 31.0 Å². The number of tetrazole rings is 1. The third-order valence-corrected chi connectivity index (χ3v) is 6.14. The fraction of sp³-hybridized carbons (Fsp3) is 0.583. The van der Waals surface area contributed by atoms with Crippen LogP contribution in [0, 0.1) is 0 Å². The Morgan fingerprint density at radius 2 is 2.16 bits per heavy atom. The normalized spacial score (nSPS) is 16.9. The zero-order valence-corrected chi connectivity index (χ0v) is 13.7. The van der Waals surface area contributed by atoms with E-state index in [1.54, 1.807) is 23.1 Å². The Kier molecular flexibility index (Phi) is 4.55. The number of thiophene rings is 1. The van der Waals surface area contributed by atoms with Crippen LogP contribution in [0.4, 0.5) is 0 Å². The summed E-state index contributed by atoms with van der Waals surface area (Å²) < 4.78 is 3.21. The van der Waals surface area contributed by atoms with E-state index in [9.17, 15) is 0 Å². The van der Waals surface area contributed by atoms with Gasteiger partial charge in [0.15, 0.2) is 0 Å². The maximum absolute atomic E-state index is 4.19. The molecule has 0 amide bonds. The molecule has 0 radical (unpaired) electrons. The zero-order chi connectivity index (χ0) is 13.1. The molecular weight excluding hydrogens is 344 g/mol. The van der Waals surface area contributed by atoms with E-state index in [4.69, 9.17) is 0 Å². The highest BCUT2D eigenvalue weighted by molar-refractivity contribution is 9.11. The molecule has 2 heterocycles. The van der Waals surface area contributed by atoms with E-state index in [-0.39, 0.29) is 0 Å². The maximum Gasteiger partial charge on any atom is 0.209 e. The monoisotopic (exact) mass is 358 g/mol. The van der Waals surface area contributed by atoms with Crippen LogP contribution in [0.3, 0.4) is 0 Å². The molecule has 4 nitrogen and oxygen atoms in total. The van der Waals surface area contributed by atoms with Gasteiger partial charge in [-0.25, -0.2) is 4.68 Å².